The van der Waals surface area contributed by atoms with E-state index in [1.807, 2.05) is 0 Å². The van der Waals surface area contributed by atoms with Gasteiger partial charge in [-0.3, -0.25) is 4.57 Å². The predicted octanol–water partition coefficient (Wildman–Crippen LogP) is 2.49. The first-order chi connectivity index (χ1) is 11.3. The van der Waals surface area contributed by atoms with Crippen LogP contribution in [0.3, 0.4) is 0 Å². The van der Waals surface area contributed by atoms with Gasteiger partial charge >= 0.3 is 7.60 Å². The van der Waals surface area contributed by atoms with E-state index in [1.165, 1.54) is 6.33 Å². The van der Waals surface area contributed by atoms with Crippen LogP contribution in [0.4, 0.5) is 5.82 Å². The maximum Gasteiger partial charge on any atom is 0.356 e. The summed E-state index contributed by atoms with van der Waals surface area (Å²) >= 11 is 0. The van der Waals surface area contributed by atoms with E-state index in [-0.39, 0.29) is 25.2 Å². The van der Waals surface area contributed by atoms with Crippen molar-refractivity contribution in [1.82, 2.24) is 19.9 Å². The Morgan fingerprint density at radius 1 is 1.21 bits per heavy atom. The molecule has 0 unspecified atom stereocenters. The van der Waals surface area contributed by atoms with E-state index in [0.29, 0.717) is 29.2 Å². The van der Waals surface area contributed by atoms with Crippen molar-refractivity contribution in [2.75, 3.05) is 18.7 Å². The number of ether oxygens (including phenoxy) is 1. The Labute approximate surface area is 140 Å². The molecule has 0 amide bonds. The highest BCUT2D eigenvalue weighted by atomic mass is 31.2. The molecule has 0 atom stereocenters. The van der Waals surface area contributed by atoms with Crippen LogP contribution < -0.4 is 5.73 Å². The van der Waals surface area contributed by atoms with Crippen LogP contribution in [0.25, 0.3) is 11.2 Å². The Morgan fingerprint density at radius 2 is 1.88 bits per heavy atom. The number of aromatic amines is 1. The number of imidazole rings is 1. The molecular formula is C14H24N5O4P. The number of nitrogens with zero attached hydrogens (tertiary/aromatic N) is 3. The number of hydrogen-bond donors (Lipinski definition) is 2. The normalized spacial score (nSPS) is 12.6. The fraction of sp³-hybridized carbons (Fsp3) is 0.643. The van der Waals surface area contributed by atoms with Crippen molar-refractivity contribution in [3.63, 3.8) is 0 Å². The molecule has 10 heteroatoms. The summed E-state index contributed by atoms with van der Waals surface area (Å²) in [4.78, 5) is 15.4. The molecule has 0 saturated carbocycles. The van der Waals surface area contributed by atoms with Gasteiger partial charge in [0.15, 0.2) is 11.5 Å². The van der Waals surface area contributed by atoms with Crippen molar-refractivity contribution in [2.45, 2.75) is 46.3 Å². The molecule has 9 nitrogen and oxygen atoms in total. The Morgan fingerprint density at radius 3 is 2.50 bits per heavy atom. The lowest BCUT2D eigenvalue weighted by molar-refractivity contribution is 0.0993. The Bertz CT molecular complexity index is 704. The van der Waals surface area contributed by atoms with Crippen LogP contribution in [0.5, 0.6) is 0 Å². The first-order valence-corrected chi connectivity index (χ1v) is 9.51. The third kappa shape index (κ3) is 5.24. The zero-order valence-corrected chi connectivity index (χ0v) is 15.2. The predicted molar refractivity (Wildman–Crippen MR) is 90.7 cm³/mol. The summed E-state index contributed by atoms with van der Waals surface area (Å²) in [6.45, 7) is 7.46. The van der Waals surface area contributed by atoms with Crippen molar-refractivity contribution >= 4 is 24.6 Å². The number of hydrogen-bond acceptors (Lipinski definition) is 8. The molecule has 2 heterocycles. The minimum atomic E-state index is -3.30. The van der Waals surface area contributed by atoms with Crippen LogP contribution in [-0.2, 0) is 24.8 Å². The molecule has 2 rings (SSSR count). The lowest BCUT2D eigenvalue weighted by atomic mass is 10.4. The molecule has 0 aliphatic rings. The summed E-state index contributed by atoms with van der Waals surface area (Å²) in [5.41, 5.74) is 6.96. The van der Waals surface area contributed by atoms with Crippen LogP contribution in [0.2, 0.25) is 0 Å². The van der Waals surface area contributed by atoms with Crippen molar-refractivity contribution in [2.24, 2.45) is 0 Å². The van der Waals surface area contributed by atoms with Gasteiger partial charge in [0, 0.05) is 6.42 Å². The van der Waals surface area contributed by atoms with Gasteiger partial charge in [-0.05, 0) is 27.7 Å². The molecule has 0 radical (unpaired) electrons. The number of aromatic nitrogens is 4. The van der Waals surface area contributed by atoms with Gasteiger partial charge in [-0.1, -0.05) is 0 Å². The molecular weight excluding hydrogens is 333 g/mol. The summed E-state index contributed by atoms with van der Waals surface area (Å²) in [5.74, 6) is 0.848. The maximum absolute atomic E-state index is 12.6. The van der Waals surface area contributed by atoms with Gasteiger partial charge in [0.1, 0.15) is 17.7 Å². The Kier molecular flexibility index (Phi) is 6.28. The number of anilines is 1. The third-order valence-electron chi connectivity index (χ3n) is 2.82. The second-order valence-electron chi connectivity index (χ2n) is 5.83. The molecule has 0 aromatic carbocycles. The zero-order valence-electron chi connectivity index (χ0n) is 14.4. The topological polar surface area (TPSA) is 125 Å². The fourth-order valence-corrected chi connectivity index (χ4v) is 3.89. The molecule has 0 spiro atoms. The monoisotopic (exact) mass is 357 g/mol. The molecule has 0 bridgehead atoms. The third-order valence-corrected chi connectivity index (χ3v) is 4.81. The first kappa shape index (κ1) is 18.8. The number of fused-ring (bicyclic) bond motifs is 1. The average Bonchev–Trinajstić information content (AvgIpc) is 2.90. The maximum atomic E-state index is 12.6. The lowest BCUT2D eigenvalue weighted by Gasteiger charge is -2.22. The highest BCUT2D eigenvalue weighted by Crippen LogP contribution is 2.50. The van der Waals surface area contributed by atoms with Gasteiger partial charge in [-0.25, -0.2) is 15.0 Å². The number of nitrogens with two attached hydrogens (primary N) is 1. The second-order valence-corrected chi connectivity index (χ2v) is 7.73. The Balaban J connectivity index is 1.90. The van der Waals surface area contributed by atoms with Gasteiger partial charge in [0.05, 0.1) is 25.1 Å². The molecule has 0 aliphatic heterocycles. The summed E-state index contributed by atoms with van der Waals surface area (Å²) in [6, 6.07) is 0. The highest BCUT2D eigenvalue weighted by molar-refractivity contribution is 7.53. The largest absolute Gasteiger partial charge is 0.382 e. The zero-order chi connectivity index (χ0) is 17.7. The molecule has 3 N–H and O–H groups in total. The number of nitrogens with one attached hydrogen (secondary N) is 1. The SMILES string of the molecule is CC(C)OP(=O)(COCCc1nc(N)c2[nH]cnc2n1)OC(C)C. The smallest absolute Gasteiger partial charge is 0.356 e. The quantitative estimate of drug-likeness (QED) is 0.518. The van der Waals surface area contributed by atoms with Crippen LogP contribution in [0.1, 0.15) is 33.5 Å². The van der Waals surface area contributed by atoms with E-state index in [0.717, 1.165) is 0 Å². The second kappa shape index (κ2) is 8.02. The molecule has 0 saturated heterocycles. The summed E-state index contributed by atoms with van der Waals surface area (Å²) in [5, 5.41) is 0. The lowest BCUT2D eigenvalue weighted by Crippen LogP contribution is -2.13. The van der Waals surface area contributed by atoms with Crippen molar-refractivity contribution in [3.8, 4) is 0 Å². The number of nitrogen functional groups attached to an aromatic ring is 1. The molecule has 24 heavy (non-hydrogen) atoms. The van der Waals surface area contributed by atoms with Crippen LogP contribution >= 0.6 is 7.60 Å². The minimum absolute atomic E-state index is 0.122. The average molecular weight is 357 g/mol. The molecule has 2 aromatic heterocycles. The van der Waals surface area contributed by atoms with Crippen LogP contribution in [-0.4, -0.2) is 45.1 Å². The standard InChI is InChI=1S/C14H24N5O4P/c1-9(2)22-24(20,23-10(3)4)8-21-6-5-11-18-13(15)12-14(19-11)17-7-16-12/h7,9-10H,5-6,8H2,1-4H3,(H3,15,16,17,18,19). The van der Waals surface area contributed by atoms with E-state index in [4.69, 9.17) is 19.5 Å². The summed E-state index contributed by atoms with van der Waals surface area (Å²) in [6.07, 6.45) is 1.37. The first-order valence-electron chi connectivity index (χ1n) is 7.78. The number of H-pyrrole nitrogens is 1. The van der Waals surface area contributed by atoms with E-state index in [9.17, 15) is 4.57 Å². The van der Waals surface area contributed by atoms with Crippen molar-refractivity contribution < 1.29 is 18.3 Å². The van der Waals surface area contributed by atoms with Gasteiger partial charge in [-0.2, -0.15) is 0 Å². The van der Waals surface area contributed by atoms with E-state index >= 15 is 0 Å². The van der Waals surface area contributed by atoms with Crippen LogP contribution in [0, 0.1) is 0 Å². The molecule has 0 fully saturated rings. The van der Waals surface area contributed by atoms with Gasteiger partial charge in [0.25, 0.3) is 0 Å². The molecule has 0 aliphatic carbocycles. The highest BCUT2D eigenvalue weighted by Gasteiger charge is 2.28. The fourth-order valence-electron chi connectivity index (χ4n) is 2.08. The van der Waals surface area contributed by atoms with E-state index < -0.39 is 7.60 Å². The van der Waals surface area contributed by atoms with Gasteiger partial charge in [-0.15, -0.1) is 0 Å². The van der Waals surface area contributed by atoms with Crippen LogP contribution in [0.15, 0.2) is 6.33 Å². The number of rotatable bonds is 9. The van der Waals surface area contributed by atoms with Gasteiger partial charge in [0.2, 0.25) is 0 Å². The van der Waals surface area contributed by atoms with Gasteiger partial charge < -0.3 is 24.5 Å². The molecule has 2 aromatic rings. The Hall–Kier alpha value is -1.54. The van der Waals surface area contributed by atoms with E-state index in [2.05, 4.69) is 19.9 Å². The molecule has 134 valence electrons. The minimum Gasteiger partial charge on any atom is -0.382 e. The summed E-state index contributed by atoms with van der Waals surface area (Å²) < 4.78 is 28.9. The summed E-state index contributed by atoms with van der Waals surface area (Å²) in [7, 11) is -3.30. The van der Waals surface area contributed by atoms with Crippen molar-refractivity contribution in [1.29, 1.82) is 0 Å². The van der Waals surface area contributed by atoms with E-state index in [1.54, 1.807) is 27.7 Å². The van der Waals surface area contributed by atoms with Crippen molar-refractivity contribution in [3.05, 3.63) is 12.2 Å².